The molecule has 0 aliphatic rings. The summed E-state index contributed by atoms with van der Waals surface area (Å²) >= 11 is 0. The van der Waals surface area contributed by atoms with Gasteiger partial charge in [0.15, 0.2) is 0 Å². The zero-order valence-electron chi connectivity index (χ0n) is 1.62. The van der Waals surface area contributed by atoms with Crippen molar-refractivity contribution in [2.45, 2.75) is 7.43 Å². The van der Waals surface area contributed by atoms with Crippen LogP contribution in [0.1, 0.15) is 7.43 Å². The third-order valence-electron chi connectivity index (χ3n) is 0. The number of rotatable bonds is 0. The molecular formula is CH4FeNO2-. The minimum absolute atomic E-state index is 0. The molecule has 34 valence electrons. The average molecular weight is 118 g/mol. The summed E-state index contributed by atoms with van der Waals surface area (Å²) in [5.74, 6) is 0. The van der Waals surface area contributed by atoms with E-state index in [2.05, 4.69) is 0 Å². The van der Waals surface area contributed by atoms with Crippen molar-refractivity contribution in [1.29, 1.82) is 0 Å². The molecule has 0 amide bonds. The van der Waals surface area contributed by atoms with Crippen LogP contribution in [0.25, 0.3) is 0 Å². The second kappa shape index (κ2) is 39.5. The molecule has 0 N–H and O–H groups in total. The van der Waals surface area contributed by atoms with Gasteiger partial charge in [0.25, 0.3) is 0 Å². The second-order valence-electron chi connectivity index (χ2n) is 0.0745. The van der Waals surface area contributed by atoms with Crippen LogP contribution in [-0.2, 0) is 17.1 Å². The molecule has 0 aromatic rings. The molecule has 0 saturated carbocycles. The van der Waals surface area contributed by atoms with E-state index in [0.29, 0.717) is 0 Å². The van der Waals surface area contributed by atoms with Crippen molar-refractivity contribution in [2.24, 2.45) is 5.34 Å². The molecule has 0 radical (unpaired) electrons. The molecule has 4 heteroatoms. The predicted octanol–water partition coefficient (Wildman–Crippen LogP) is 0.884. The van der Waals surface area contributed by atoms with Crippen LogP contribution in [0.4, 0.5) is 0 Å². The summed E-state index contributed by atoms with van der Waals surface area (Å²) in [6.45, 7) is 0. The van der Waals surface area contributed by atoms with Gasteiger partial charge in [0.1, 0.15) is 0 Å². The van der Waals surface area contributed by atoms with Gasteiger partial charge in [-0.3, -0.25) is 0 Å². The predicted molar refractivity (Wildman–Crippen MR) is 15.9 cm³/mol. The van der Waals surface area contributed by atoms with Gasteiger partial charge in [0.05, 0.1) is 0 Å². The van der Waals surface area contributed by atoms with Crippen LogP contribution in [0, 0.1) is 10.1 Å². The fourth-order valence-corrected chi connectivity index (χ4v) is 0. The quantitative estimate of drug-likeness (QED) is 0.269. The first-order valence-corrected chi connectivity index (χ1v) is 0.365. The van der Waals surface area contributed by atoms with E-state index in [1.54, 1.807) is 0 Å². The van der Waals surface area contributed by atoms with Gasteiger partial charge in [0.2, 0.25) is 0 Å². The zero-order chi connectivity index (χ0) is 2.71. The Balaban J connectivity index is -0.0000000200. The maximum atomic E-state index is 8.00. The summed E-state index contributed by atoms with van der Waals surface area (Å²) in [6.07, 6.45) is 0. The number of hydrogen-bond donors (Lipinski definition) is 0. The summed E-state index contributed by atoms with van der Waals surface area (Å²) in [7, 11) is 0. The normalized spacial score (nSPS) is 2.40. The third kappa shape index (κ3) is 2230. The van der Waals surface area contributed by atoms with Crippen molar-refractivity contribution in [1.82, 2.24) is 0 Å². The molecule has 0 aliphatic carbocycles. The van der Waals surface area contributed by atoms with E-state index in [1.165, 1.54) is 0 Å². The molecule has 0 aromatic carbocycles. The van der Waals surface area contributed by atoms with Crippen molar-refractivity contribution >= 4 is 0 Å². The molecule has 0 heterocycles. The van der Waals surface area contributed by atoms with Crippen molar-refractivity contribution in [3.63, 3.8) is 0 Å². The maximum absolute atomic E-state index is 8.00. The van der Waals surface area contributed by atoms with E-state index in [0.717, 1.165) is 5.34 Å². The van der Waals surface area contributed by atoms with E-state index in [-0.39, 0.29) is 24.5 Å². The SMILES string of the molecule is C.O=N[O-].[Fe]. The van der Waals surface area contributed by atoms with Gasteiger partial charge in [-0.25, -0.2) is 0 Å². The third-order valence-corrected chi connectivity index (χ3v) is 0. The summed E-state index contributed by atoms with van der Waals surface area (Å²) in [5, 5.41) is 9.00. The Labute approximate surface area is 40.8 Å². The Morgan fingerprint density at radius 2 is 1.60 bits per heavy atom. The second-order valence-corrected chi connectivity index (χ2v) is 0.0745. The van der Waals surface area contributed by atoms with E-state index < -0.39 is 0 Å². The molecule has 0 rings (SSSR count). The molecule has 0 fully saturated rings. The Morgan fingerprint density at radius 3 is 1.60 bits per heavy atom. The fourth-order valence-electron chi connectivity index (χ4n) is 0. The first-order valence-electron chi connectivity index (χ1n) is 0.365. The van der Waals surface area contributed by atoms with Crippen LogP contribution in [0.3, 0.4) is 0 Å². The molecule has 5 heavy (non-hydrogen) atoms. The van der Waals surface area contributed by atoms with Crippen molar-refractivity contribution < 1.29 is 17.1 Å². The first-order chi connectivity index (χ1) is 1.41. The fraction of sp³-hybridized carbons (Fsp3) is 1.00. The van der Waals surface area contributed by atoms with Gasteiger partial charge in [-0.1, -0.05) is 7.43 Å². The molecule has 0 unspecified atom stereocenters. The summed E-state index contributed by atoms with van der Waals surface area (Å²) in [6, 6.07) is 0. The molecule has 0 saturated heterocycles. The molecule has 0 atom stereocenters. The first kappa shape index (κ1) is 20.5. The standard InChI is InChI=1S/CH4.Fe.HNO2/c;;2-1-3/h1H4;;(H,2,3)/p-1. The van der Waals surface area contributed by atoms with E-state index in [4.69, 9.17) is 10.1 Å². The van der Waals surface area contributed by atoms with Gasteiger partial charge in [-0.2, -0.15) is 0 Å². The van der Waals surface area contributed by atoms with E-state index >= 15 is 0 Å². The monoisotopic (exact) mass is 118 g/mol. The Bertz CT molecular complexity index is 17.1. The van der Waals surface area contributed by atoms with E-state index in [1.807, 2.05) is 0 Å². The van der Waals surface area contributed by atoms with Crippen LogP contribution >= 0.6 is 0 Å². The van der Waals surface area contributed by atoms with Crippen molar-refractivity contribution in [3.05, 3.63) is 10.1 Å². The average Bonchev–Trinajstić information content (AvgIpc) is 0.918. The van der Waals surface area contributed by atoms with Crippen LogP contribution in [0.15, 0.2) is 5.34 Å². The molecule has 0 spiro atoms. The smallest absolute Gasteiger partial charge is 0 e. The van der Waals surface area contributed by atoms with Crippen LogP contribution in [-0.4, -0.2) is 0 Å². The summed E-state index contributed by atoms with van der Waals surface area (Å²) in [5.41, 5.74) is 0. The molecule has 0 aliphatic heterocycles. The maximum Gasteiger partial charge on any atom is 0 e. The molecule has 0 bridgehead atoms. The summed E-state index contributed by atoms with van der Waals surface area (Å²) < 4.78 is 0. The zero-order valence-corrected chi connectivity index (χ0v) is 2.72. The van der Waals surface area contributed by atoms with Crippen LogP contribution < -0.4 is 0 Å². The van der Waals surface area contributed by atoms with Crippen LogP contribution in [0.2, 0.25) is 0 Å². The molecule has 0 aromatic heterocycles. The topological polar surface area (TPSA) is 52.5 Å². The molecule has 3 nitrogen and oxygen atoms in total. The minimum Gasteiger partial charge on any atom is -0.444 e. The van der Waals surface area contributed by atoms with Gasteiger partial charge in [0, 0.05) is 17.1 Å². The largest absolute Gasteiger partial charge is 0.444 e. The van der Waals surface area contributed by atoms with Crippen molar-refractivity contribution in [3.8, 4) is 0 Å². The van der Waals surface area contributed by atoms with E-state index in [9.17, 15) is 0 Å². The van der Waals surface area contributed by atoms with Gasteiger partial charge < -0.3 is 10.1 Å². The van der Waals surface area contributed by atoms with Crippen LogP contribution in [0.5, 0.6) is 0 Å². The number of nitrogens with zero attached hydrogens (tertiary/aromatic N) is 1. The minimum atomic E-state index is 0. The van der Waals surface area contributed by atoms with Gasteiger partial charge >= 0.3 is 0 Å². The van der Waals surface area contributed by atoms with Crippen molar-refractivity contribution in [2.75, 3.05) is 0 Å². The Kier molecular flexibility index (Phi) is 162. The summed E-state index contributed by atoms with van der Waals surface area (Å²) in [4.78, 5) is 8.00. The Morgan fingerprint density at radius 1 is 1.60 bits per heavy atom. The molecular weight excluding hydrogens is 114 g/mol. The number of hydrogen-bond acceptors (Lipinski definition) is 3. The Hall–Kier alpha value is -0.0805. The van der Waals surface area contributed by atoms with Gasteiger partial charge in [-0.05, 0) is 0 Å². The van der Waals surface area contributed by atoms with Gasteiger partial charge in [-0.15, -0.1) is 5.34 Å².